The van der Waals surface area contributed by atoms with E-state index in [9.17, 15) is 19.5 Å². The van der Waals surface area contributed by atoms with E-state index in [0.717, 1.165) is 24.1 Å². The van der Waals surface area contributed by atoms with Crippen molar-refractivity contribution >= 4 is 34.7 Å². The van der Waals surface area contributed by atoms with E-state index in [1.807, 2.05) is 48.5 Å². The summed E-state index contributed by atoms with van der Waals surface area (Å²) in [5.41, 5.74) is 2.50. The van der Waals surface area contributed by atoms with Gasteiger partial charge in [0.25, 0.3) is 0 Å². The van der Waals surface area contributed by atoms with Gasteiger partial charge in [-0.3, -0.25) is 19.4 Å². The fourth-order valence-corrected chi connectivity index (χ4v) is 5.20. The van der Waals surface area contributed by atoms with Gasteiger partial charge in [0.1, 0.15) is 11.5 Å². The first kappa shape index (κ1) is 25.6. The number of fused-ring (bicyclic) bond motifs is 2. The minimum Gasteiger partial charge on any atom is -0.494 e. The summed E-state index contributed by atoms with van der Waals surface area (Å²) in [6.45, 7) is 6.80. The van der Waals surface area contributed by atoms with E-state index in [-0.39, 0.29) is 29.9 Å². The molecule has 36 heavy (non-hydrogen) atoms. The topological polar surface area (TPSA) is 96.3 Å². The lowest BCUT2D eigenvalue weighted by molar-refractivity contribution is -0.138. The third-order valence-electron chi connectivity index (χ3n) is 6.81. The molecule has 1 aliphatic heterocycles. The summed E-state index contributed by atoms with van der Waals surface area (Å²) in [7, 11) is 0. The zero-order chi connectivity index (χ0) is 25.9. The Balaban J connectivity index is 1.87. The van der Waals surface area contributed by atoms with Gasteiger partial charge in [-0.15, -0.1) is 0 Å². The molecule has 2 aromatic carbocycles. The number of carboxylic acid groups (broad SMARTS) is 1. The number of unbranched alkanes of at least 4 members (excludes halogenated alkanes) is 1. The summed E-state index contributed by atoms with van der Waals surface area (Å²) < 4.78 is 5.95. The van der Waals surface area contributed by atoms with E-state index in [1.54, 1.807) is 4.90 Å². The quantitative estimate of drug-likeness (QED) is 0.465. The van der Waals surface area contributed by atoms with Gasteiger partial charge in [0, 0.05) is 18.6 Å². The number of nitrogens with zero attached hydrogens (tertiary/aromatic N) is 2. The van der Waals surface area contributed by atoms with Crippen molar-refractivity contribution in [3.63, 3.8) is 0 Å². The summed E-state index contributed by atoms with van der Waals surface area (Å²) in [5, 5.41) is 9.26. The zero-order valence-electron chi connectivity index (χ0n) is 21.2. The molecule has 190 valence electrons. The van der Waals surface area contributed by atoms with Crippen molar-refractivity contribution in [1.82, 2.24) is 0 Å². The van der Waals surface area contributed by atoms with Gasteiger partial charge < -0.3 is 14.7 Å². The van der Waals surface area contributed by atoms with Crippen molar-refractivity contribution < 1.29 is 24.2 Å². The Morgan fingerprint density at radius 3 is 2.64 bits per heavy atom. The van der Waals surface area contributed by atoms with E-state index in [4.69, 9.17) is 9.73 Å². The van der Waals surface area contributed by atoms with Crippen LogP contribution in [0.4, 0.5) is 11.4 Å². The molecule has 2 aliphatic rings. The van der Waals surface area contributed by atoms with Gasteiger partial charge in [-0.25, -0.2) is 0 Å². The predicted octanol–water partition coefficient (Wildman–Crippen LogP) is 5.90. The smallest absolute Gasteiger partial charge is 0.303 e. The van der Waals surface area contributed by atoms with Crippen molar-refractivity contribution in [2.24, 2.45) is 16.3 Å². The highest BCUT2D eigenvalue weighted by molar-refractivity contribution is 6.13. The van der Waals surface area contributed by atoms with Gasteiger partial charge in [-0.2, -0.15) is 0 Å². The molecule has 1 fully saturated rings. The molecule has 0 saturated heterocycles. The number of carbonyl (C=O) groups is 3. The Labute approximate surface area is 212 Å². The summed E-state index contributed by atoms with van der Waals surface area (Å²) in [5.74, 6) is -1.29. The molecular weight excluding hydrogens is 456 g/mol. The second-order valence-electron chi connectivity index (χ2n) is 10.4. The predicted molar refractivity (Wildman–Crippen MR) is 139 cm³/mol. The van der Waals surface area contributed by atoms with Crippen LogP contribution in [0.25, 0.3) is 0 Å². The molecule has 2 aromatic rings. The van der Waals surface area contributed by atoms with Gasteiger partial charge in [-0.05, 0) is 48.1 Å². The van der Waals surface area contributed by atoms with E-state index >= 15 is 0 Å². The molecule has 2 atom stereocenters. The number of ether oxygens (including phenoxy) is 1. The molecular formula is C29H34N2O5. The first-order valence-electron chi connectivity index (χ1n) is 12.7. The maximum atomic E-state index is 13.7. The number of para-hydroxylation sites is 2. The Morgan fingerprint density at radius 2 is 1.89 bits per heavy atom. The van der Waals surface area contributed by atoms with Crippen LogP contribution >= 0.6 is 0 Å². The summed E-state index contributed by atoms with van der Waals surface area (Å²) in [6.07, 6.45) is 2.49. The van der Waals surface area contributed by atoms with Crippen LogP contribution in [0, 0.1) is 11.3 Å². The molecule has 0 aromatic heterocycles. The fraction of sp³-hybridized carbons (Fsp3) is 0.448. The Bertz CT molecular complexity index is 1190. The molecule has 1 N–H and O–H groups in total. The number of amides is 1. The summed E-state index contributed by atoms with van der Waals surface area (Å²) in [4.78, 5) is 45.3. The summed E-state index contributed by atoms with van der Waals surface area (Å²) in [6, 6.07) is 14.3. The van der Waals surface area contributed by atoms with Crippen LogP contribution in [-0.2, 0) is 14.4 Å². The minimum atomic E-state index is -1.04. The average Bonchev–Trinajstić information content (AvgIpc) is 2.96. The Kier molecular flexibility index (Phi) is 7.57. The molecule has 1 amide bonds. The lowest BCUT2D eigenvalue weighted by Crippen LogP contribution is -2.47. The minimum absolute atomic E-state index is 0.0381. The number of carbonyl (C=O) groups excluding carboxylic acids is 2. The van der Waals surface area contributed by atoms with Crippen LogP contribution in [0.3, 0.4) is 0 Å². The maximum absolute atomic E-state index is 13.7. The Morgan fingerprint density at radius 1 is 1.11 bits per heavy atom. The number of anilines is 1. The standard InChI is InChI=1S/C29H34N2O5/c1-4-5-15-36-20-10-8-9-19(16-20)28-27-22(17-29(2,3)18-24(27)32)30-21-11-6-7-12-23(21)31(28)25(33)13-14-26(34)35/h6-12,16,27-28H,4-5,13-15,17-18H2,1-3H3,(H,34,35)/t27-,28-/m0/s1. The van der Waals surface area contributed by atoms with E-state index in [2.05, 4.69) is 20.8 Å². The van der Waals surface area contributed by atoms with Crippen LogP contribution < -0.4 is 9.64 Å². The normalized spacial score (nSPS) is 20.6. The lowest BCUT2D eigenvalue weighted by atomic mass is 9.68. The highest BCUT2D eigenvalue weighted by Gasteiger charge is 2.47. The number of aliphatic imine (C=N–C) groups is 1. The lowest BCUT2D eigenvalue weighted by Gasteiger charge is -2.41. The molecule has 7 nitrogen and oxygen atoms in total. The molecule has 1 aliphatic carbocycles. The first-order valence-corrected chi connectivity index (χ1v) is 12.7. The molecule has 0 unspecified atom stereocenters. The highest BCUT2D eigenvalue weighted by atomic mass is 16.5. The Hall–Kier alpha value is -3.48. The largest absolute Gasteiger partial charge is 0.494 e. The molecule has 1 heterocycles. The number of Topliss-reactive ketones (excluding diaryl/α,β-unsaturated/α-hetero) is 1. The first-order chi connectivity index (χ1) is 17.2. The van der Waals surface area contributed by atoms with Crippen molar-refractivity contribution in [3.8, 4) is 5.75 Å². The number of ketones is 1. The van der Waals surface area contributed by atoms with Crippen LogP contribution in [0.15, 0.2) is 53.5 Å². The second-order valence-corrected chi connectivity index (χ2v) is 10.4. The van der Waals surface area contributed by atoms with E-state index < -0.39 is 17.9 Å². The van der Waals surface area contributed by atoms with Gasteiger partial charge in [0.2, 0.25) is 5.91 Å². The summed E-state index contributed by atoms with van der Waals surface area (Å²) >= 11 is 0. The van der Waals surface area contributed by atoms with Crippen molar-refractivity contribution in [2.75, 3.05) is 11.5 Å². The van der Waals surface area contributed by atoms with Crippen LogP contribution in [0.1, 0.15) is 70.9 Å². The average molecular weight is 491 g/mol. The number of benzene rings is 2. The highest BCUT2D eigenvalue weighted by Crippen LogP contribution is 2.48. The molecule has 0 bridgehead atoms. The van der Waals surface area contributed by atoms with Gasteiger partial charge in [0.15, 0.2) is 0 Å². The third-order valence-corrected chi connectivity index (χ3v) is 6.81. The van der Waals surface area contributed by atoms with Crippen molar-refractivity contribution in [2.45, 2.75) is 65.3 Å². The number of hydrogen-bond acceptors (Lipinski definition) is 5. The van der Waals surface area contributed by atoms with Crippen molar-refractivity contribution in [3.05, 3.63) is 54.1 Å². The van der Waals surface area contributed by atoms with E-state index in [1.165, 1.54) is 0 Å². The number of hydrogen-bond donors (Lipinski definition) is 1. The van der Waals surface area contributed by atoms with Gasteiger partial charge >= 0.3 is 5.97 Å². The number of carboxylic acids is 1. The monoisotopic (exact) mass is 490 g/mol. The van der Waals surface area contributed by atoms with Crippen LogP contribution in [-0.4, -0.2) is 35.1 Å². The van der Waals surface area contributed by atoms with Crippen LogP contribution in [0.5, 0.6) is 5.75 Å². The maximum Gasteiger partial charge on any atom is 0.303 e. The fourth-order valence-electron chi connectivity index (χ4n) is 5.20. The SMILES string of the molecule is CCCCOc1cccc([C@H]2[C@@H]3C(=O)CC(C)(C)CC3=Nc3ccccc3N2C(=O)CCC(=O)O)c1. The molecule has 0 radical (unpaired) electrons. The van der Waals surface area contributed by atoms with E-state index in [0.29, 0.717) is 36.6 Å². The zero-order valence-corrected chi connectivity index (χ0v) is 21.2. The van der Waals surface area contributed by atoms with Gasteiger partial charge in [0.05, 0.1) is 36.4 Å². The third kappa shape index (κ3) is 5.50. The molecule has 1 saturated carbocycles. The number of aliphatic carboxylic acids is 1. The van der Waals surface area contributed by atoms with Crippen molar-refractivity contribution in [1.29, 1.82) is 0 Å². The molecule has 4 rings (SSSR count). The molecule has 7 heteroatoms. The second kappa shape index (κ2) is 10.6. The van der Waals surface area contributed by atoms with Gasteiger partial charge in [-0.1, -0.05) is 51.5 Å². The number of rotatable bonds is 8. The molecule has 0 spiro atoms. The van der Waals surface area contributed by atoms with Crippen LogP contribution in [0.2, 0.25) is 0 Å².